The first-order valence-corrected chi connectivity index (χ1v) is 8.45. The summed E-state index contributed by atoms with van der Waals surface area (Å²) in [5, 5.41) is 6.70. The second-order valence-corrected chi connectivity index (χ2v) is 6.55. The fourth-order valence-electron chi connectivity index (χ4n) is 3.37. The van der Waals surface area contributed by atoms with E-state index in [-0.39, 0.29) is 18.3 Å². The van der Waals surface area contributed by atoms with E-state index in [1.165, 1.54) is 19.4 Å². The van der Waals surface area contributed by atoms with Gasteiger partial charge in [-0.2, -0.15) is 0 Å². The highest BCUT2D eigenvalue weighted by atomic mass is 35.5. The molecule has 0 unspecified atom stereocenters. The molecule has 2 saturated heterocycles. The summed E-state index contributed by atoms with van der Waals surface area (Å²) >= 11 is 0. The molecular formula is C16H32ClN3O. The Morgan fingerprint density at radius 1 is 1.29 bits per heavy atom. The monoisotopic (exact) mass is 317 g/mol. The summed E-state index contributed by atoms with van der Waals surface area (Å²) in [4.78, 5) is 14.9. The van der Waals surface area contributed by atoms with Gasteiger partial charge >= 0.3 is 0 Å². The second kappa shape index (κ2) is 9.65. The molecule has 0 radical (unpaired) electrons. The SMILES string of the molecule is CCCCN1CCC(NC(=O)[C@H]2CCN[C@@H](C)C2)CC1.Cl. The van der Waals surface area contributed by atoms with Gasteiger partial charge in [0, 0.05) is 31.1 Å². The van der Waals surface area contributed by atoms with Crippen LogP contribution >= 0.6 is 12.4 Å². The molecule has 124 valence electrons. The number of hydrogen-bond donors (Lipinski definition) is 2. The van der Waals surface area contributed by atoms with E-state index in [0.29, 0.717) is 18.0 Å². The van der Waals surface area contributed by atoms with Crippen LogP contribution in [0.2, 0.25) is 0 Å². The summed E-state index contributed by atoms with van der Waals surface area (Å²) in [6.07, 6.45) is 6.78. The Kier molecular flexibility index (Phi) is 8.60. The van der Waals surface area contributed by atoms with Gasteiger partial charge in [-0.05, 0) is 52.1 Å². The number of carbonyl (C=O) groups is 1. The summed E-state index contributed by atoms with van der Waals surface area (Å²) < 4.78 is 0. The molecule has 2 heterocycles. The quantitative estimate of drug-likeness (QED) is 0.817. The fraction of sp³-hybridized carbons (Fsp3) is 0.938. The first kappa shape index (κ1) is 18.7. The van der Waals surface area contributed by atoms with Gasteiger partial charge in [-0.25, -0.2) is 0 Å². The van der Waals surface area contributed by atoms with E-state index < -0.39 is 0 Å². The lowest BCUT2D eigenvalue weighted by atomic mass is 9.92. The Hall–Kier alpha value is -0.320. The summed E-state index contributed by atoms with van der Waals surface area (Å²) in [6.45, 7) is 8.91. The molecule has 0 saturated carbocycles. The van der Waals surface area contributed by atoms with Gasteiger partial charge in [0.2, 0.25) is 5.91 Å². The van der Waals surface area contributed by atoms with Gasteiger partial charge in [-0.1, -0.05) is 13.3 Å². The zero-order valence-corrected chi connectivity index (χ0v) is 14.4. The van der Waals surface area contributed by atoms with Gasteiger partial charge in [0.25, 0.3) is 0 Å². The van der Waals surface area contributed by atoms with Gasteiger partial charge in [-0.3, -0.25) is 4.79 Å². The van der Waals surface area contributed by atoms with Crippen LogP contribution in [0.3, 0.4) is 0 Å². The lowest BCUT2D eigenvalue weighted by Gasteiger charge is -2.34. The maximum absolute atomic E-state index is 12.3. The molecule has 4 nitrogen and oxygen atoms in total. The molecule has 2 aliphatic rings. The predicted molar refractivity (Wildman–Crippen MR) is 89.9 cm³/mol. The summed E-state index contributed by atoms with van der Waals surface area (Å²) in [5.41, 5.74) is 0. The van der Waals surface area contributed by atoms with Crippen LogP contribution in [0.1, 0.15) is 52.4 Å². The van der Waals surface area contributed by atoms with E-state index in [1.807, 2.05) is 0 Å². The van der Waals surface area contributed by atoms with Crippen LogP contribution in [0.4, 0.5) is 0 Å². The number of halogens is 1. The zero-order valence-electron chi connectivity index (χ0n) is 13.6. The topological polar surface area (TPSA) is 44.4 Å². The molecule has 2 aliphatic heterocycles. The molecule has 0 aliphatic carbocycles. The number of nitrogens with zero attached hydrogens (tertiary/aromatic N) is 1. The molecule has 0 aromatic rings. The number of nitrogens with one attached hydrogen (secondary N) is 2. The Morgan fingerprint density at radius 2 is 2.00 bits per heavy atom. The number of rotatable bonds is 5. The van der Waals surface area contributed by atoms with Crippen LogP contribution in [0.25, 0.3) is 0 Å². The molecular weight excluding hydrogens is 286 g/mol. The first-order chi connectivity index (χ1) is 9.69. The lowest BCUT2D eigenvalue weighted by Crippen LogP contribution is -2.48. The van der Waals surface area contributed by atoms with Crippen molar-refractivity contribution in [2.24, 2.45) is 5.92 Å². The van der Waals surface area contributed by atoms with Crippen molar-refractivity contribution in [2.45, 2.75) is 64.5 Å². The highest BCUT2D eigenvalue weighted by molar-refractivity contribution is 5.85. The van der Waals surface area contributed by atoms with Crippen molar-refractivity contribution in [1.82, 2.24) is 15.5 Å². The molecule has 2 fully saturated rings. The number of hydrogen-bond acceptors (Lipinski definition) is 3. The Bertz CT molecular complexity index is 306. The third-order valence-corrected chi connectivity index (χ3v) is 4.76. The van der Waals surface area contributed by atoms with Crippen LogP contribution in [0.15, 0.2) is 0 Å². The minimum Gasteiger partial charge on any atom is -0.353 e. The standard InChI is InChI=1S/C16H31N3O.ClH/c1-3-4-9-19-10-6-15(7-11-19)18-16(20)14-5-8-17-13(2)12-14;/h13-15,17H,3-12H2,1-2H3,(H,18,20);1H/t13-,14-;/m0./s1. The second-order valence-electron chi connectivity index (χ2n) is 6.55. The van der Waals surface area contributed by atoms with Crippen molar-refractivity contribution in [3.8, 4) is 0 Å². The van der Waals surface area contributed by atoms with Crippen LogP contribution in [0.5, 0.6) is 0 Å². The normalized spacial score (nSPS) is 27.9. The van der Waals surface area contributed by atoms with Gasteiger partial charge in [0.15, 0.2) is 0 Å². The Labute approximate surface area is 135 Å². The van der Waals surface area contributed by atoms with Gasteiger partial charge in [0.05, 0.1) is 0 Å². The van der Waals surface area contributed by atoms with Crippen molar-refractivity contribution in [1.29, 1.82) is 0 Å². The Morgan fingerprint density at radius 3 is 2.62 bits per heavy atom. The van der Waals surface area contributed by atoms with E-state index in [2.05, 4.69) is 29.4 Å². The van der Waals surface area contributed by atoms with E-state index in [4.69, 9.17) is 0 Å². The van der Waals surface area contributed by atoms with Crippen molar-refractivity contribution < 1.29 is 4.79 Å². The highest BCUT2D eigenvalue weighted by Gasteiger charge is 2.27. The van der Waals surface area contributed by atoms with Crippen LogP contribution in [-0.4, -0.2) is 49.1 Å². The minimum atomic E-state index is 0. The number of likely N-dealkylation sites (tertiary alicyclic amines) is 1. The van der Waals surface area contributed by atoms with E-state index in [1.54, 1.807) is 0 Å². The number of carbonyl (C=O) groups excluding carboxylic acids is 1. The molecule has 2 atom stereocenters. The van der Waals surface area contributed by atoms with Gasteiger partial charge in [0.1, 0.15) is 0 Å². The third-order valence-electron chi connectivity index (χ3n) is 4.76. The van der Waals surface area contributed by atoms with Gasteiger partial charge in [-0.15, -0.1) is 12.4 Å². The molecule has 0 bridgehead atoms. The molecule has 0 aromatic carbocycles. The number of amides is 1. The fourth-order valence-corrected chi connectivity index (χ4v) is 3.37. The molecule has 2 rings (SSSR count). The predicted octanol–water partition coefficient (Wildman–Crippen LogP) is 2.18. The number of piperidine rings is 2. The zero-order chi connectivity index (χ0) is 14.4. The third kappa shape index (κ3) is 6.13. The van der Waals surface area contributed by atoms with Crippen LogP contribution < -0.4 is 10.6 Å². The van der Waals surface area contributed by atoms with Gasteiger partial charge < -0.3 is 15.5 Å². The van der Waals surface area contributed by atoms with Crippen LogP contribution in [0, 0.1) is 5.92 Å². The van der Waals surface area contributed by atoms with Crippen LogP contribution in [-0.2, 0) is 4.79 Å². The maximum Gasteiger partial charge on any atom is 0.223 e. The van der Waals surface area contributed by atoms with Crippen molar-refractivity contribution in [3.63, 3.8) is 0 Å². The van der Waals surface area contributed by atoms with E-state index in [0.717, 1.165) is 45.3 Å². The van der Waals surface area contributed by atoms with E-state index in [9.17, 15) is 4.79 Å². The molecule has 0 spiro atoms. The van der Waals surface area contributed by atoms with Crippen molar-refractivity contribution in [2.75, 3.05) is 26.2 Å². The molecule has 1 amide bonds. The molecule has 2 N–H and O–H groups in total. The smallest absolute Gasteiger partial charge is 0.223 e. The van der Waals surface area contributed by atoms with Crippen molar-refractivity contribution >= 4 is 18.3 Å². The average Bonchev–Trinajstić information content (AvgIpc) is 2.46. The molecule has 0 aromatic heterocycles. The summed E-state index contributed by atoms with van der Waals surface area (Å²) in [5.74, 6) is 0.523. The minimum absolute atomic E-state index is 0. The Balaban J connectivity index is 0.00000220. The largest absolute Gasteiger partial charge is 0.353 e. The van der Waals surface area contributed by atoms with Crippen molar-refractivity contribution in [3.05, 3.63) is 0 Å². The van der Waals surface area contributed by atoms with E-state index >= 15 is 0 Å². The average molecular weight is 318 g/mol. The lowest BCUT2D eigenvalue weighted by molar-refractivity contribution is -0.127. The number of unbranched alkanes of at least 4 members (excludes halogenated alkanes) is 1. The maximum atomic E-state index is 12.3. The highest BCUT2D eigenvalue weighted by Crippen LogP contribution is 2.18. The molecule has 21 heavy (non-hydrogen) atoms. The summed E-state index contributed by atoms with van der Waals surface area (Å²) in [7, 11) is 0. The molecule has 5 heteroatoms. The summed E-state index contributed by atoms with van der Waals surface area (Å²) in [6, 6.07) is 0.890. The first-order valence-electron chi connectivity index (χ1n) is 8.45.